The van der Waals surface area contributed by atoms with E-state index in [-0.39, 0.29) is 12.0 Å². The highest BCUT2D eigenvalue weighted by atomic mass is 31.1. The Hall–Kier alpha value is -2.70. The molecule has 6 heterocycles. The van der Waals surface area contributed by atoms with Crippen molar-refractivity contribution in [3.05, 3.63) is 48.4 Å². The maximum Gasteiger partial charge on any atom is 0.246 e. The van der Waals surface area contributed by atoms with Crippen molar-refractivity contribution in [3.8, 4) is 5.75 Å². The fourth-order valence-corrected chi connectivity index (χ4v) is 7.06. The first-order valence-electron chi connectivity index (χ1n) is 13.1. The summed E-state index contributed by atoms with van der Waals surface area (Å²) in [5, 5.41) is 3.60. The molecule has 0 aromatic carbocycles. The molecule has 3 saturated heterocycles. The van der Waals surface area contributed by atoms with E-state index in [0.29, 0.717) is 12.0 Å². The number of carbonyl (C=O) groups is 1. The molecule has 0 aliphatic carbocycles. The van der Waals surface area contributed by atoms with Gasteiger partial charge in [0.2, 0.25) is 5.91 Å². The van der Waals surface area contributed by atoms with Gasteiger partial charge in [0.15, 0.2) is 5.75 Å². The van der Waals surface area contributed by atoms with Crippen LogP contribution >= 0.6 is 8.58 Å². The number of hydrogen-bond acceptors (Lipinski definition) is 7. The third-order valence-electron chi connectivity index (χ3n) is 8.09. The molecule has 1 atom stereocenters. The van der Waals surface area contributed by atoms with E-state index in [4.69, 9.17) is 14.7 Å². The second-order valence-corrected chi connectivity index (χ2v) is 11.7. The fraction of sp³-hybridized carbons (Fsp3) is 0.519. The number of carbonyl (C=O) groups excluding carboxylic acids is 1. The minimum Gasteiger partial charge on any atom is -0.482 e. The second-order valence-electron chi connectivity index (χ2n) is 10.2. The summed E-state index contributed by atoms with van der Waals surface area (Å²) in [7, 11) is 1.07. The summed E-state index contributed by atoms with van der Waals surface area (Å²) in [6, 6.07) is 4.78. The average Bonchev–Trinajstić information content (AvgIpc) is 3.03. The first kappa shape index (κ1) is 23.7. The van der Waals surface area contributed by atoms with E-state index in [9.17, 15) is 4.79 Å². The molecular formula is C27H35N6O2P. The number of nitrogens with zero attached hydrogens (tertiary/aromatic N) is 5. The first-order valence-corrected chi connectivity index (χ1v) is 14.6. The Morgan fingerprint density at radius 2 is 1.97 bits per heavy atom. The van der Waals surface area contributed by atoms with Crippen LogP contribution in [0.2, 0.25) is 0 Å². The maximum atomic E-state index is 11.8. The number of aromatic nitrogens is 2. The van der Waals surface area contributed by atoms with Crippen molar-refractivity contribution < 1.29 is 9.53 Å². The van der Waals surface area contributed by atoms with Crippen LogP contribution in [0.4, 0.5) is 17.2 Å². The minimum absolute atomic E-state index is 0.0406. The Morgan fingerprint density at radius 3 is 2.72 bits per heavy atom. The highest BCUT2D eigenvalue weighted by Crippen LogP contribution is 2.43. The normalized spacial score (nSPS) is 23.0. The van der Waals surface area contributed by atoms with Gasteiger partial charge in [0, 0.05) is 55.7 Å². The summed E-state index contributed by atoms with van der Waals surface area (Å²) in [6.07, 6.45) is 9.78. The summed E-state index contributed by atoms with van der Waals surface area (Å²) >= 11 is 0. The predicted octanol–water partition coefficient (Wildman–Crippen LogP) is 3.75. The molecule has 0 unspecified atom stereocenters. The van der Waals surface area contributed by atoms with E-state index in [0.717, 1.165) is 89.2 Å². The molecule has 8 nitrogen and oxygen atoms in total. The molecule has 0 saturated carbocycles. The summed E-state index contributed by atoms with van der Waals surface area (Å²) < 4.78 is 6.43. The van der Waals surface area contributed by atoms with Gasteiger partial charge in [-0.25, -0.2) is 4.98 Å². The fourth-order valence-electron chi connectivity index (χ4n) is 5.95. The monoisotopic (exact) mass is 506 g/mol. The van der Waals surface area contributed by atoms with Crippen LogP contribution in [0, 0.1) is 0 Å². The number of hydrogen-bond donors (Lipinski definition) is 1. The van der Waals surface area contributed by atoms with Gasteiger partial charge in [0.1, 0.15) is 11.9 Å². The van der Waals surface area contributed by atoms with Crippen molar-refractivity contribution in [3.63, 3.8) is 0 Å². The lowest BCUT2D eigenvalue weighted by Crippen LogP contribution is -2.61. The quantitative estimate of drug-likeness (QED) is 0.500. The van der Waals surface area contributed by atoms with Gasteiger partial charge in [-0.15, -0.1) is 8.58 Å². The van der Waals surface area contributed by atoms with Gasteiger partial charge in [-0.2, -0.15) is 0 Å². The molecule has 36 heavy (non-hydrogen) atoms. The van der Waals surface area contributed by atoms with Gasteiger partial charge < -0.3 is 19.9 Å². The Balaban J connectivity index is 1.16. The Labute approximate surface area is 214 Å². The van der Waals surface area contributed by atoms with Crippen LogP contribution in [-0.2, 0) is 4.79 Å². The van der Waals surface area contributed by atoms with Crippen LogP contribution in [0.5, 0.6) is 5.75 Å². The molecule has 1 N–H and O–H groups in total. The number of nitrogens with one attached hydrogen (secondary N) is 1. The van der Waals surface area contributed by atoms with Crippen molar-refractivity contribution >= 4 is 31.7 Å². The lowest BCUT2D eigenvalue weighted by atomic mass is 9.91. The molecule has 0 bridgehead atoms. The van der Waals surface area contributed by atoms with Crippen molar-refractivity contribution in [2.45, 2.75) is 37.8 Å². The summed E-state index contributed by atoms with van der Waals surface area (Å²) in [4.78, 5) is 28.2. The van der Waals surface area contributed by atoms with E-state index in [1.807, 2.05) is 17.3 Å². The van der Waals surface area contributed by atoms with Crippen LogP contribution in [0.15, 0.2) is 37.2 Å². The van der Waals surface area contributed by atoms with Gasteiger partial charge in [0.25, 0.3) is 0 Å². The summed E-state index contributed by atoms with van der Waals surface area (Å²) in [6.45, 7) is 11.6. The molecule has 2 aromatic heterocycles. The number of piperidine rings is 1. The molecule has 0 radical (unpaired) electrons. The number of pyridine rings is 2. The predicted molar refractivity (Wildman–Crippen MR) is 145 cm³/mol. The van der Waals surface area contributed by atoms with Gasteiger partial charge in [-0.3, -0.25) is 14.7 Å². The van der Waals surface area contributed by atoms with Gasteiger partial charge >= 0.3 is 0 Å². The van der Waals surface area contributed by atoms with E-state index in [1.165, 1.54) is 24.1 Å². The number of ether oxygens (including phenoxy) is 1. The van der Waals surface area contributed by atoms with Crippen molar-refractivity contribution in [2.75, 3.05) is 61.8 Å². The second kappa shape index (κ2) is 9.98. The molecular weight excluding hydrogens is 471 g/mol. The number of amides is 1. The third-order valence-corrected chi connectivity index (χ3v) is 9.24. The maximum absolute atomic E-state index is 11.8. The smallest absolute Gasteiger partial charge is 0.246 e. The zero-order chi connectivity index (χ0) is 24.6. The SMILES string of the molecule is C=CC(=O)N1CC(N2CCC(c3cc4c(cn3)O[C@@H](C)c3c(N5CCPCC5)ccnc3N4)CC2)C1. The lowest BCUT2D eigenvalue weighted by Gasteiger charge is -2.47. The first-order chi connectivity index (χ1) is 17.6. The van der Waals surface area contributed by atoms with Crippen molar-refractivity contribution in [1.29, 1.82) is 0 Å². The number of fused-ring (bicyclic) bond motifs is 2. The van der Waals surface area contributed by atoms with Crippen molar-refractivity contribution in [1.82, 2.24) is 19.8 Å². The standard InChI is InChI=1S/C27H35N6O2P/c1-3-25(34)33-16-20(17-33)31-8-5-19(6-9-31)21-14-22-24(15-29-21)35-18(2)26-23(4-7-28-27(26)30-22)32-10-12-36-13-11-32/h3-4,7,14-15,18-20,36H,1,5-6,8-13,16-17H2,2H3,(H,28,30)/t18-/m0/s1. The molecule has 9 heteroatoms. The van der Waals surface area contributed by atoms with E-state index in [2.05, 4.69) is 40.8 Å². The van der Waals surface area contributed by atoms with E-state index >= 15 is 0 Å². The third kappa shape index (κ3) is 4.46. The Morgan fingerprint density at radius 1 is 1.19 bits per heavy atom. The van der Waals surface area contributed by atoms with Gasteiger partial charge in [-0.05, 0) is 63.4 Å². The highest BCUT2D eigenvalue weighted by molar-refractivity contribution is 7.38. The zero-order valence-electron chi connectivity index (χ0n) is 20.9. The largest absolute Gasteiger partial charge is 0.482 e. The Kier molecular flexibility index (Phi) is 6.57. The van der Waals surface area contributed by atoms with Gasteiger partial charge in [-0.1, -0.05) is 6.58 Å². The summed E-state index contributed by atoms with van der Waals surface area (Å²) in [5.74, 6) is 2.14. The molecule has 6 rings (SSSR count). The molecule has 1 amide bonds. The van der Waals surface area contributed by atoms with Crippen LogP contribution < -0.4 is 15.0 Å². The zero-order valence-corrected chi connectivity index (χ0v) is 21.9. The van der Waals surface area contributed by atoms with Crippen LogP contribution in [-0.4, -0.2) is 83.3 Å². The van der Waals surface area contributed by atoms with E-state index < -0.39 is 0 Å². The van der Waals surface area contributed by atoms with E-state index in [1.54, 1.807) is 0 Å². The number of likely N-dealkylation sites (tertiary alicyclic amines) is 2. The van der Waals surface area contributed by atoms with Crippen molar-refractivity contribution in [2.24, 2.45) is 0 Å². The number of anilines is 3. The lowest BCUT2D eigenvalue weighted by molar-refractivity contribution is -0.133. The average molecular weight is 507 g/mol. The molecule has 190 valence electrons. The summed E-state index contributed by atoms with van der Waals surface area (Å²) in [5.41, 5.74) is 4.45. The molecule has 3 fully saturated rings. The Bertz CT molecular complexity index is 1140. The topological polar surface area (TPSA) is 73.8 Å². The molecule has 4 aliphatic heterocycles. The van der Waals surface area contributed by atoms with Crippen LogP contribution in [0.3, 0.4) is 0 Å². The van der Waals surface area contributed by atoms with Crippen LogP contribution in [0.1, 0.15) is 43.0 Å². The molecule has 2 aromatic rings. The molecule has 4 aliphatic rings. The van der Waals surface area contributed by atoms with Crippen LogP contribution in [0.25, 0.3) is 0 Å². The number of rotatable bonds is 4. The van der Waals surface area contributed by atoms with Gasteiger partial charge in [0.05, 0.1) is 17.4 Å². The minimum atomic E-state index is -0.104. The molecule has 0 spiro atoms. The highest BCUT2D eigenvalue weighted by Gasteiger charge is 2.36.